The number of halogens is 3. The van der Waals surface area contributed by atoms with Crippen molar-refractivity contribution < 1.29 is 51.5 Å². The Morgan fingerprint density at radius 1 is 0.902 bits per heavy atom. The van der Waals surface area contributed by atoms with Crippen molar-refractivity contribution >= 4 is 5.91 Å². The molecule has 5 rings (SSSR count). The third-order valence-corrected chi connectivity index (χ3v) is 8.21. The van der Waals surface area contributed by atoms with E-state index < -0.39 is 66.8 Å². The summed E-state index contributed by atoms with van der Waals surface area (Å²) < 4.78 is 73.2. The smallest absolute Gasteiger partial charge is 0.471 e. The molecule has 272 valence electrons. The summed E-state index contributed by atoms with van der Waals surface area (Å²) in [5.74, 6) is -0.893. The number of nitrogens with one attached hydrogen (secondary N) is 2. The zero-order chi connectivity index (χ0) is 36.6. The van der Waals surface area contributed by atoms with Gasteiger partial charge < -0.3 is 38.8 Å². The van der Waals surface area contributed by atoms with Crippen molar-refractivity contribution in [3.8, 4) is 11.5 Å². The SMILES string of the molecule is COc1ccc(C(OC[C@H]2O[C@@H](n3ccc(=O)[nH]c3=O)[C@H](OCOCCNC(=O)C(F)(F)F)[C@@H]2O)(c2ccccc2)c2ccc(OC)cc2)cc1. The van der Waals surface area contributed by atoms with Crippen LogP contribution in [0.2, 0.25) is 0 Å². The summed E-state index contributed by atoms with van der Waals surface area (Å²) in [6.07, 6.45) is -9.00. The van der Waals surface area contributed by atoms with E-state index in [4.69, 9.17) is 28.4 Å². The maximum atomic E-state index is 12.8. The first-order valence-electron chi connectivity index (χ1n) is 15.7. The Labute approximate surface area is 289 Å². The van der Waals surface area contributed by atoms with Gasteiger partial charge in [0.15, 0.2) is 6.23 Å². The average molecular weight is 716 g/mol. The standard InChI is InChI=1S/C35H36F3N3O10/c1-46-25-12-8-23(9-13-25)34(22-6-4-3-5-7-22,24-10-14-26(47-2)15-11-24)50-20-27-29(43)30(31(51-27)41-18-16-28(42)40-33(41)45)49-21-48-19-17-39-32(44)35(36,37)38/h3-16,18,27,29-31,43H,17,19-21H2,1-2H3,(H,39,44)(H,40,42,45)/t27-,29-,30-,31-/m1/s1. The monoisotopic (exact) mass is 715 g/mol. The topological polar surface area (TPSA) is 160 Å². The molecular formula is C35H36F3N3O10. The van der Waals surface area contributed by atoms with Crippen molar-refractivity contribution in [3.63, 3.8) is 0 Å². The number of aromatic amines is 1. The summed E-state index contributed by atoms with van der Waals surface area (Å²) in [6, 6.07) is 25.0. The number of carbonyl (C=O) groups is 1. The molecule has 0 saturated carbocycles. The van der Waals surface area contributed by atoms with Crippen LogP contribution in [-0.4, -0.2) is 85.8 Å². The molecule has 0 radical (unpaired) electrons. The summed E-state index contributed by atoms with van der Waals surface area (Å²) in [5.41, 5.74) is -0.640. The highest BCUT2D eigenvalue weighted by Gasteiger charge is 2.48. The molecule has 4 atom stereocenters. The van der Waals surface area contributed by atoms with E-state index in [-0.39, 0.29) is 13.2 Å². The number of methoxy groups -OCH3 is 2. The van der Waals surface area contributed by atoms with Crippen molar-refractivity contribution in [2.24, 2.45) is 0 Å². The largest absolute Gasteiger partial charge is 0.497 e. The van der Waals surface area contributed by atoms with E-state index in [1.807, 2.05) is 54.6 Å². The first-order valence-corrected chi connectivity index (χ1v) is 15.7. The number of rotatable bonds is 15. The predicted octanol–water partition coefficient (Wildman–Crippen LogP) is 2.86. The number of amides is 1. The van der Waals surface area contributed by atoms with E-state index >= 15 is 0 Å². The van der Waals surface area contributed by atoms with Gasteiger partial charge in [0.05, 0.1) is 27.4 Å². The van der Waals surface area contributed by atoms with Gasteiger partial charge in [0.25, 0.3) is 5.56 Å². The second-order valence-electron chi connectivity index (χ2n) is 11.3. The van der Waals surface area contributed by atoms with Gasteiger partial charge in [-0.25, -0.2) is 4.79 Å². The highest BCUT2D eigenvalue weighted by atomic mass is 19.4. The van der Waals surface area contributed by atoms with E-state index in [0.29, 0.717) is 22.6 Å². The lowest BCUT2D eigenvalue weighted by Crippen LogP contribution is -2.41. The lowest BCUT2D eigenvalue weighted by Gasteiger charge is -2.37. The van der Waals surface area contributed by atoms with Crippen molar-refractivity contribution in [3.05, 3.63) is 129 Å². The second kappa shape index (κ2) is 16.3. The number of aliphatic hydroxyl groups is 1. The Morgan fingerprint density at radius 3 is 2.04 bits per heavy atom. The third-order valence-electron chi connectivity index (χ3n) is 8.21. The van der Waals surface area contributed by atoms with Crippen molar-refractivity contribution in [2.45, 2.75) is 36.3 Å². The number of aliphatic hydroxyl groups excluding tert-OH is 1. The highest BCUT2D eigenvalue weighted by Crippen LogP contribution is 2.43. The number of benzene rings is 3. The molecule has 3 aromatic carbocycles. The minimum Gasteiger partial charge on any atom is -0.497 e. The van der Waals surface area contributed by atoms with Crippen LogP contribution in [0.1, 0.15) is 22.9 Å². The minimum atomic E-state index is -5.05. The fourth-order valence-corrected chi connectivity index (χ4v) is 5.69. The zero-order valence-corrected chi connectivity index (χ0v) is 27.5. The number of ether oxygens (including phenoxy) is 6. The van der Waals surface area contributed by atoms with Gasteiger partial charge in [-0.2, -0.15) is 13.2 Å². The van der Waals surface area contributed by atoms with Crippen molar-refractivity contribution in [2.75, 3.05) is 40.8 Å². The molecule has 1 fully saturated rings. The molecule has 1 aromatic heterocycles. The van der Waals surface area contributed by atoms with E-state index in [2.05, 4.69) is 4.98 Å². The van der Waals surface area contributed by atoms with Gasteiger partial charge in [-0.15, -0.1) is 0 Å². The number of H-pyrrole nitrogens is 1. The molecule has 16 heteroatoms. The fraction of sp³-hybridized carbons (Fsp3) is 0.343. The third kappa shape index (κ3) is 8.49. The molecule has 1 saturated heterocycles. The van der Waals surface area contributed by atoms with E-state index in [0.717, 1.165) is 16.2 Å². The Morgan fingerprint density at radius 2 is 1.49 bits per heavy atom. The van der Waals surface area contributed by atoms with Gasteiger partial charge in [-0.05, 0) is 41.0 Å². The minimum absolute atomic E-state index is 0.257. The molecule has 1 aliphatic heterocycles. The predicted molar refractivity (Wildman–Crippen MR) is 174 cm³/mol. The Bertz CT molecular complexity index is 1800. The van der Waals surface area contributed by atoms with Crippen molar-refractivity contribution in [1.29, 1.82) is 0 Å². The molecular weight excluding hydrogens is 679 g/mol. The van der Waals surface area contributed by atoms with Crippen LogP contribution in [0.15, 0.2) is 101 Å². The summed E-state index contributed by atoms with van der Waals surface area (Å²) in [6.45, 7) is -1.64. The number of hydrogen-bond acceptors (Lipinski definition) is 10. The molecule has 1 aliphatic rings. The van der Waals surface area contributed by atoms with Crippen LogP contribution in [0.4, 0.5) is 13.2 Å². The van der Waals surface area contributed by atoms with Gasteiger partial charge in [0, 0.05) is 18.8 Å². The maximum absolute atomic E-state index is 12.8. The Kier molecular flexibility index (Phi) is 11.9. The Balaban J connectivity index is 1.44. The van der Waals surface area contributed by atoms with Crippen LogP contribution in [0.25, 0.3) is 0 Å². The number of hydrogen-bond donors (Lipinski definition) is 3. The second-order valence-corrected chi connectivity index (χ2v) is 11.3. The molecule has 51 heavy (non-hydrogen) atoms. The van der Waals surface area contributed by atoms with Crippen LogP contribution in [0, 0.1) is 0 Å². The molecule has 0 spiro atoms. The number of carbonyl (C=O) groups excluding carboxylic acids is 1. The van der Waals surface area contributed by atoms with E-state index in [9.17, 15) is 32.7 Å². The lowest BCUT2D eigenvalue weighted by atomic mass is 9.80. The molecule has 4 aromatic rings. The molecule has 2 heterocycles. The molecule has 13 nitrogen and oxygen atoms in total. The summed E-state index contributed by atoms with van der Waals surface area (Å²) in [7, 11) is 3.11. The van der Waals surface area contributed by atoms with Gasteiger partial charge >= 0.3 is 17.8 Å². The van der Waals surface area contributed by atoms with Gasteiger partial charge in [-0.1, -0.05) is 54.6 Å². The molecule has 0 bridgehead atoms. The summed E-state index contributed by atoms with van der Waals surface area (Å²) >= 11 is 0. The van der Waals surface area contributed by atoms with Crippen LogP contribution < -0.4 is 26.0 Å². The van der Waals surface area contributed by atoms with Crippen molar-refractivity contribution in [1.82, 2.24) is 14.9 Å². The quantitative estimate of drug-likeness (QED) is 0.0950. The van der Waals surface area contributed by atoms with E-state index in [1.165, 1.54) is 6.20 Å². The summed E-state index contributed by atoms with van der Waals surface area (Å²) in [4.78, 5) is 37.8. The molecule has 1 amide bonds. The summed E-state index contributed by atoms with van der Waals surface area (Å²) in [5, 5.41) is 13.2. The normalized spacial score (nSPS) is 19.1. The molecule has 3 N–H and O–H groups in total. The van der Waals surface area contributed by atoms with Crippen LogP contribution in [-0.2, 0) is 29.3 Å². The van der Waals surface area contributed by atoms with Crippen LogP contribution >= 0.6 is 0 Å². The first-order chi connectivity index (χ1) is 24.5. The van der Waals surface area contributed by atoms with Gasteiger partial charge in [-0.3, -0.25) is 19.1 Å². The highest BCUT2D eigenvalue weighted by molar-refractivity contribution is 5.81. The van der Waals surface area contributed by atoms with E-state index in [1.54, 1.807) is 43.8 Å². The molecule has 0 unspecified atom stereocenters. The first kappa shape index (κ1) is 37.3. The average Bonchev–Trinajstić information content (AvgIpc) is 3.44. The number of alkyl halides is 3. The maximum Gasteiger partial charge on any atom is 0.471 e. The van der Waals surface area contributed by atoms with Crippen LogP contribution in [0.5, 0.6) is 11.5 Å². The Hall–Kier alpha value is -5.00. The lowest BCUT2D eigenvalue weighted by molar-refractivity contribution is -0.174. The zero-order valence-electron chi connectivity index (χ0n) is 27.5. The number of nitrogens with zero attached hydrogens (tertiary/aromatic N) is 1. The van der Waals surface area contributed by atoms with Gasteiger partial charge in [0.1, 0.15) is 42.2 Å². The molecule has 0 aliphatic carbocycles. The van der Waals surface area contributed by atoms with Gasteiger partial charge in [0.2, 0.25) is 0 Å². The van der Waals surface area contributed by atoms with Crippen LogP contribution in [0.3, 0.4) is 0 Å². The number of aromatic nitrogens is 2. The fourth-order valence-electron chi connectivity index (χ4n) is 5.69.